The molecule has 9 heteroatoms. The summed E-state index contributed by atoms with van der Waals surface area (Å²) in [6.07, 6.45) is 3.33. The number of ether oxygens (including phenoxy) is 5. The van der Waals surface area contributed by atoms with Crippen molar-refractivity contribution in [1.29, 1.82) is 0 Å². The lowest BCUT2D eigenvalue weighted by molar-refractivity contribution is -0.199. The lowest BCUT2D eigenvalue weighted by Gasteiger charge is -2.41. The standard InChI is InChI=1S/C24H29NO8/c1-6-32-23(28)25-10-9-17-13-22(27)24(31-5,33-15(2)26)14-18(17)19(25)11-16-7-8-20(29-3)21(12-16)30-4/h7-8,12-14,19H,6,9-11H2,1-5H3. The summed E-state index contributed by atoms with van der Waals surface area (Å²) in [5.74, 6) is -1.87. The number of esters is 1. The molecule has 3 rings (SSSR count). The molecule has 1 aliphatic carbocycles. The Morgan fingerprint density at radius 1 is 1.15 bits per heavy atom. The molecule has 2 aliphatic rings. The average Bonchev–Trinajstić information content (AvgIpc) is 2.79. The van der Waals surface area contributed by atoms with E-state index in [1.54, 1.807) is 32.1 Å². The quantitative estimate of drug-likeness (QED) is 0.453. The van der Waals surface area contributed by atoms with Gasteiger partial charge in [-0.15, -0.1) is 0 Å². The second-order valence-corrected chi connectivity index (χ2v) is 7.65. The minimum Gasteiger partial charge on any atom is -0.493 e. The highest BCUT2D eigenvalue weighted by molar-refractivity contribution is 6.01. The van der Waals surface area contributed by atoms with Crippen LogP contribution < -0.4 is 9.47 Å². The highest BCUT2D eigenvalue weighted by atomic mass is 16.7. The number of fused-ring (bicyclic) bond motifs is 1. The molecule has 1 aromatic carbocycles. The van der Waals surface area contributed by atoms with E-state index in [-0.39, 0.29) is 6.61 Å². The van der Waals surface area contributed by atoms with E-state index in [0.717, 1.165) is 11.1 Å². The third-order valence-electron chi connectivity index (χ3n) is 5.70. The normalized spacial score (nSPS) is 22.0. The second-order valence-electron chi connectivity index (χ2n) is 7.65. The van der Waals surface area contributed by atoms with Gasteiger partial charge in [0, 0.05) is 26.7 Å². The molecule has 0 aromatic heterocycles. The molecule has 1 aliphatic heterocycles. The van der Waals surface area contributed by atoms with E-state index in [1.807, 2.05) is 12.1 Å². The molecule has 0 saturated carbocycles. The predicted octanol–water partition coefficient (Wildman–Crippen LogP) is 2.82. The van der Waals surface area contributed by atoms with Gasteiger partial charge >= 0.3 is 12.1 Å². The van der Waals surface area contributed by atoms with Crippen molar-refractivity contribution in [2.24, 2.45) is 0 Å². The third kappa shape index (κ3) is 4.88. The number of nitrogens with zero attached hydrogens (tertiary/aromatic N) is 1. The fourth-order valence-electron chi connectivity index (χ4n) is 4.17. The Morgan fingerprint density at radius 2 is 1.88 bits per heavy atom. The first-order valence-electron chi connectivity index (χ1n) is 10.7. The van der Waals surface area contributed by atoms with Crippen LogP contribution in [-0.2, 0) is 30.2 Å². The predicted molar refractivity (Wildman–Crippen MR) is 118 cm³/mol. The van der Waals surface area contributed by atoms with Gasteiger partial charge in [-0.25, -0.2) is 4.79 Å². The first-order chi connectivity index (χ1) is 15.8. The van der Waals surface area contributed by atoms with Crippen molar-refractivity contribution in [3.63, 3.8) is 0 Å². The van der Waals surface area contributed by atoms with Gasteiger partial charge in [0.2, 0.25) is 5.78 Å². The molecule has 2 unspecified atom stereocenters. The van der Waals surface area contributed by atoms with Crippen LogP contribution in [0.3, 0.4) is 0 Å². The molecule has 2 atom stereocenters. The van der Waals surface area contributed by atoms with Gasteiger partial charge in [0.25, 0.3) is 5.79 Å². The minimum absolute atomic E-state index is 0.230. The van der Waals surface area contributed by atoms with Crippen molar-refractivity contribution in [3.8, 4) is 11.5 Å². The summed E-state index contributed by atoms with van der Waals surface area (Å²) in [4.78, 5) is 39.0. The Bertz CT molecular complexity index is 998. The topological polar surface area (TPSA) is 101 Å². The lowest BCUT2D eigenvalue weighted by atomic mass is 9.81. The fraction of sp³-hybridized carbons (Fsp3) is 0.458. The van der Waals surface area contributed by atoms with Crippen molar-refractivity contribution < 1.29 is 38.1 Å². The van der Waals surface area contributed by atoms with Gasteiger partial charge in [0.1, 0.15) is 0 Å². The van der Waals surface area contributed by atoms with Crippen LogP contribution in [0, 0.1) is 0 Å². The minimum atomic E-state index is -1.88. The van der Waals surface area contributed by atoms with Crippen LogP contribution in [0.5, 0.6) is 11.5 Å². The van der Waals surface area contributed by atoms with Crippen LogP contribution in [0.1, 0.15) is 25.8 Å². The number of piperidine rings is 1. The van der Waals surface area contributed by atoms with Gasteiger partial charge in [-0.1, -0.05) is 6.07 Å². The molecule has 1 aromatic rings. The number of methoxy groups -OCH3 is 3. The molecule has 0 bridgehead atoms. The molecule has 0 radical (unpaired) electrons. The van der Waals surface area contributed by atoms with Gasteiger partial charge in [0.05, 0.1) is 26.9 Å². The number of amides is 1. The Hall–Kier alpha value is -3.33. The molecular formula is C24H29NO8. The molecule has 0 N–H and O–H groups in total. The summed E-state index contributed by atoms with van der Waals surface area (Å²) in [5.41, 5.74) is 2.32. The number of carbonyl (C=O) groups excluding carboxylic acids is 3. The van der Waals surface area contributed by atoms with E-state index in [2.05, 4.69) is 0 Å². The maximum Gasteiger partial charge on any atom is 0.410 e. The first kappa shape index (κ1) is 24.3. The van der Waals surface area contributed by atoms with Crippen molar-refractivity contribution in [3.05, 3.63) is 47.1 Å². The number of carbonyl (C=O) groups is 3. The Morgan fingerprint density at radius 3 is 2.48 bits per heavy atom. The smallest absolute Gasteiger partial charge is 0.410 e. The number of hydrogen-bond acceptors (Lipinski definition) is 8. The summed E-state index contributed by atoms with van der Waals surface area (Å²) < 4.78 is 26.7. The summed E-state index contributed by atoms with van der Waals surface area (Å²) in [6, 6.07) is 5.02. The van der Waals surface area contributed by atoms with Crippen LogP contribution in [0.25, 0.3) is 0 Å². The van der Waals surface area contributed by atoms with Crippen LogP contribution in [-0.4, -0.2) is 69.1 Å². The number of benzene rings is 1. The summed E-state index contributed by atoms with van der Waals surface area (Å²) in [6.45, 7) is 3.55. The maximum atomic E-state index is 12.8. The Balaban J connectivity index is 2.07. The molecule has 1 saturated heterocycles. The van der Waals surface area contributed by atoms with E-state index < -0.39 is 29.7 Å². The monoisotopic (exact) mass is 459 g/mol. The van der Waals surface area contributed by atoms with Gasteiger partial charge in [0.15, 0.2) is 11.5 Å². The van der Waals surface area contributed by atoms with Crippen molar-refractivity contribution in [2.45, 2.75) is 38.5 Å². The highest BCUT2D eigenvalue weighted by Gasteiger charge is 2.46. The second kappa shape index (κ2) is 10.1. The zero-order chi connectivity index (χ0) is 24.2. The van der Waals surface area contributed by atoms with Crippen molar-refractivity contribution >= 4 is 17.8 Å². The number of ketones is 1. The zero-order valence-electron chi connectivity index (χ0n) is 19.5. The molecule has 0 spiro atoms. The Kier molecular flexibility index (Phi) is 7.43. The van der Waals surface area contributed by atoms with Gasteiger partial charge in [-0.2, -0.15) is 0 Å². The Labute approximate surface area is 192 Å². The van der Waals surface area contributed by atoms with E-state index in [4.69, 9.17) is 23.7 Å². The van der Waals surface area contributed by atoms with Crippen LogP contribution in [0.4, 0.5) is 4.79 Å². The van der Waals surface area contributed by atoms with E-state index in [0.29, 0.717) is 36.5 Å². The van der Waals surface area contributed by atoms with Gasteiger partial charge < -0.3 is 28.6 Å². The molecule has 9 nitrogen and oxygen atoms in total. The summed E-state index contributed by atoms with van der Waals surface area (Å²) in [7, 11) is 4.41. The molecule has 1 heterocycles. The van der Waals surface area contributed by atoms with Gasteiger partial charge in [-0.05, 0) is 54.7 Å². The first-order valence-corrected chi connectivity index (χ1v) is 10.7. The largest absolute Gasteiger partial charge is 0.493 e. The SMILES string of the molecule is CCOC(=O)N1CCC2=CC(=O)C(OC)(OC(C)=O)C=C2C1Cc1ccc(OC)c(OC)c1. The fourth-order valence-corrected chi connectivity index (χ4v) is 4.17. The zero-order valence-corrected chi connectivity index (χ0v) is 19.5. The van der Waals surface area contributed by atoms with E-state index in [9.17, 15) is 14.4 Å². The van der Waals surface area contributed by atoms with Crippen LogP contribution in [0.15, 0.2) is 41.5 Å². The van der Waals surface area contributed by atoms with E-state index >= 15 is 0 Å². The van der Waals surface area contributed by atoms with Crippen molar-refractivity contribution in [1.82, 2.24) is 4.90 Å². The average molecular weight is 459 g/mol. The van der Waals surface area contributed by atoms with Crippen LogP contribution >= 0.6 is 0 Å². The molecule has 178 valence electrons. The molecule has 1 fully saturated rings. The number of hydrogen-bond donors (Lipinski definition) is 0. The number of likely N-dealkylation sites (tertiary alicyclic amines) is 1. The molecule has 1 amide bonds. The van der Waals surface area contributed by atoms with E-state index in [1.165, 1.54) is 26.2 Å². The summed E-state index contributed by atoms with van der Waals surface area (Å²) in [5, 5.41) is 0. The third-order valence-corrected chi connectivity index (χ3v) is 5.70. The summed E-state index contributed by atoms with van der Waals surface area (Å²) >= 11 is 0. The van der Waals surface area contributed by atoms with Crippen LogP contribution in [0.2, 0.25) is 0 Å². The van der Waals surface area contributed by atoms with Crippen molar-refractivity contribution in [2.75, 3.05) is 34.5 Å². The lowest BCUT2D eigenvalue weighted by Crippen LogP contribution is -2.51. The van der Waals surface area contributed by atoms with Gasteiger partial charge in [-0.3, -0.25) is 9.59 Å². The molecule has 33 heavy (non-hydrogen) atoms. The molecular weight excluding hydrogens is 430 g/mol. The highest BCUT2D eigenvalue weighted by Crippen LogP contribution is 2.38. The number of rotatable bonds is 7. The maximum absolute atomic E-state index is 12.8.